The Labute approximate surface area is 159 Å². The summed E-state index contributed by atoms with van der Waals surface area (Å²) in [5, 5.41) is 3.11. The lowest BCUT2D eigenvalue weighted by molar-refractivity contribution is 0.0924. The number of ether oxygens (including phenoxy) is 4. The van der Waals surface area contributed by atoms with Gasteiger partial charge in [-0.15, -0.1) is 0 Å². The number of amides is 1. The maximum absolute atomic E-state index is 12.9. The Hall–Kier alpha value is -2.89. The van der Waals surface area contributed by atoms with Crippen LogP contribution in [0.3, 0.4) is 0 Å². The molecule has 0 fully saturated rings. The van der Waals surface area contributed by atoms with Gasteiger partial charge in [-0.05, 0) is 35.7 Å². The van der Waals surface area contributed by atoms with Crippen LogP contribution < -0.4 is 24.3 Å². The van der Waals surface area contributed by atoms with Crippen molar-refractivity contribution in [2.45, 2.75) is 19.9 Å². The highest BCUT2D eigenvalue weighted by atomic mass is 16.6. The van der Waals surface area contributed by atoms with E-state index in [2.05, 4.69) is 19.2 Å². The van der Waals surface area contributed by atoms with Crippen LogP contribution in [0.4, 0.5) is 0 Å². The summed E-state index contributed by atoms with van der Waals surface area (Å²) in [5.41, 5.74) is 1.45. The largest absolute Gasteiger partial charge is 0.497 e. The molecule has 0 saturated carbocycles. The molecule has 1 N–H and O–H groups in total. The normalized spacial score (nSPS) is 13.8. The van der Waals surface area contributed by atoms with Crippen LogP contribution in [0.1, 0.15) is 35.8 Å². The molecule has 1 aliphatic heterocycles. The monoisotopic (exact) mass is 371 g/mol. The Bertz CT molecular complexity index is 796. The molecule has 0 aliphatic carbocycles. The summed E-state index contributed by atoms with van der Waals surface area (Å²) >= 11 is 0. The Morgan fingerprint density at radius 1 is 0.963 bits per heavy atom. The lowest BCUT2D eigenvalue weighted by Crippen LogP contribution is -2.32. The van der Waals surface area contributed by atoms with Crippen molar-refractivity contribution in [3.63, 3.8) is 0 Å². The van der Waals surface area contributed by atoms with Crippen LogP contribution in [-0.2, 0) is 0 Å². The second kappa shape index (κ2) is 8.20. The zero-order valence-corrected chi connectivity index (χ0v) is 16.1. The molecule has 1 amide bonds. The average molecular weight is 371 g/mol. The lowest BCUT2D eigenvalue weighted by atomic mass is 9.95. The van der Waals surface area contributed by atoms with Crippen LogP contribution in [0.25, 0.3) is 0 Å². The van der Waals surface area contributed by atoms with Crippen molar-refractivity contribution >= 4 is 5.91 Å². The topological polar surface area (TPSA) is 66.0 Å². The number of hydrogen-bond donors (Lipinski definition) is 1. The zero-order valence-electron chi connectivity index (χ0n) is 16.1. The van der Waals surface area contributed by atoms with Gasteiger partial charge < -0.3 is 24.3 Å². The summed E-state index contributed by atoms with van der Waals surface area (Å²) in [5.74, 6) is 2.57. The number of carbonyl (C=O) groups is 1. The van der Waals surface area contributed by atoms with Gasteiger partial charge in [-0.3, -0.25) is 4.79 Å². The molecule has 27 heavy (non-hydrogen) atoms. The molecule has 2 aromatic carbocycles. The number of fused-ring (bicyclic) bond motifs is 1. The molecule has 1 heterocycles. The molecule has 2 aromatic rings. The SMILES string of the molecule is COc1cc(OC)cc(C(=O)N[C@@H](c2ccc3c(c2)OCCO3)C(C)C)c1. The summed E-state index contributed by atoms with van der Waals surface area (Å²) in [4.78, 5) is 12.9. The van der Waals surface area contributed by atoms with Crippen molar-refractivity contribution in [2.24, 2.45) is 5.92 Å². The molecule has 6 heteroatoms. The fraction of sp³-hybridized carbons (Fsp3) is 0.381. The third kappa shape index (κ3) is 4.27. The van der Waals surface area contributed by atoms with Crippen LogP contribution in [0.15, 0.2) is 36.4 Å². The van der Waals surface area contributed by atoms with Gasteiger partial charge in [0.15, 0.2) is 11.5 Å². The van der Waals surface area contributed by atoms with E-state index < -0.39 is 0 Å². The highest BCUT2D eigenvalue weighted by Gasteiger charge is 2.22. The highest BCUT2D eigenvalue weighted by Crippen LogP contribution is 2.34. The van der Waals surface area contributed by atoms with Gasteiger partial charge >= 0.3 is 0 Å². The van der Waals surface area contributed by atoms with Gasteiger partial charge in [-0.2, -0.15) is 0 Å². The van der Waals surface area contributed by atoms with Crippen LogP contribution in [0.2, 0.25) is 0 Å². The minimum absolute atomic E-state index is 0.175. The van der Waals surface area contributed by atoms with E-state index in [0.717, 1.165) is 11.3 Å². The smallest absolute Gasteiger partial charge is 0.252 e. The van der Waals surface area contributed by atoms with E-state index in [1.165, 1.54) is 0 Å². The van der Waals surface area contributed by atoms with Crippen LogP contribution >= 0.6 is 0 Å². The summed E-state index contributed by atoms with van der Waals surface area (Å²) < 4.78 is 21.8. The molecule has 0 unspecified atom stereocenters. The van der Waals surface area contributed by atoms with Gasteiger partial charge in [-0.25, -0.2) is 0 Å². The van der Waals surface area contributed by atoms with E-state index >= 15 is 0 Å². The quantitative estimate of drug-likeness (QED) is 0.840. The third-order valence-corrected chi connectivity index (χ3v) is 4.49. The summed E-state index contributed by atoms with van der Waals surface area (Å²) in [7, 11) is 3.12. The van der Waals surface area contributed by atoms with Crippen molar-refractivity contribution < 1.29 is 23.7 Å². The maximum atomic E-state index is 12.9. The van der Waals surface area contributed by atoms with E-state index in [-0.39, 0.29) is 17.9 Å². The van der Waals surface area contributed by atoms with Crippen molar-refractivity contribution in [3.05, 3.63) is 47.5 Å². The minimum atomic E-state index is -0.194. The summed E-state index contributed by atoms with van der Waals surface area (Å²) in [6.07, 6.45) is 0. The molecular weight excluding hydrogens is 346 g/mol. The molecule has 0 spiro atoms. The molecular formula is C21H25NO5. The molecule has 1 aliphatic rings. The number of carbonyl (C=O) groups excluding carboxylic acids is 1. The maximum Gasteiger partial charge on any atom is 0.252 e. The number of rotatable bonds is 6. The molecule has 6 nitrogen and oxygen atoms in total. The Balaban J connectivity index is 1.85. The van der Waals surface area contributed by atoms with Gasteiger partial charge in [0.05, 0.1) is 20.3 Å². The minimum Gasteiger partial charge on any atom is -0.497 e. The van der Waals surface area contributed by atoms with E-state index in [1.807, 2.05) is 18.2 Å². The van der Waals surface area contributed by atoms with Crippen molar-refractivity contribution in [1.82, 2.24) is 5.32 Å². The predicted molar refractivity (Wildman–Crippen MR) is 102 cm³/mol. The molecule has 144 valence electrons. The summed E-state index contributed by atoms with van der Waals surface area (Å²) in [6, 6.07) is 10.7. The average Bonchev–Trinajstić information content (AvgIpc) is 2.70. The molecule has 0 saturated heterocycles. The zero-order chi connectivity index (χ0) is 19.4. The number of methoxy groups -OCH3 is 2. The van der Waals surface area contributed by atoms with Crippen LogP contribution in [0, 0.1) is 5.92 Å². The first-order valence-electron chi connectivity index (χ1n) is 8.95. The van der Waals surface area contributed by atoms with E-state index in [0.29, 0.717) is 36.0 Å². The molecule has 0 bridgehead atoms. The van der Waals surface area contributed by atoms with Crippen LogP contribution in [-0.4, -0.2) is 33.3 Å². The fourth-order valence-corrected chi connectivity index (χ4v) is 3.05. The Kier molecular flexibility index (Phi) is 5.74. The van der Waals surface area contributed by atoms with Gasteiger partial charge in [0.25, 0.3) is 5.91 Å². The molecule has 1 atom stereocenters. The number of nitrogens with one attached hydrogen (secondary N) is 1. The standard InChI is InChI=1S/C21H25NO5/c1-13(2)20(14-5-6-18-19(11-14)27-8-7-26-18)22-21(23)15-9-16(24-3)12-17(10-15)25-4/h5-6,9-13,20H,7-8H2,1-4H3,(H,22,23)/t20-/m1/s1. The van der Waals surface area contributed by atoms with Gasteiger partial charge in [-0.1, -0.05) is 19.9 Å². The van der Waals surface area contributed by atoms with Crippen LogP contribution in [0.5, 0.6) is 23.0 Å². The molecule has 0 aromatic heterocycles. The van der Waals surface area contributed by atoms with Crippen molar-refractivity contribution in [2.75, 3.05) is 27.4 Å². The van der Waals surface area contributed by atoms with E-state index in [1.54, 1.807) is 32.4 Å². The fourth-order valence-electron chi connectivity index (χ4n) is 3.05. The van der Waals surface area contributed by atoms with Gasteiger partial charge in [0.1, 0.15) is 24.7 Å². The third-order valence-electron chi connectivity index (χ3n) is 4.49. The first-order valence-corrected chi connectivity index (χ1v) is 8.95. The summed E-state index contributed by atoms with van der Waals surface area (Å²) in [6.45, 7) is 5.20. The second-order valence-electron chi connectivity index (χ2n) is 6.70. The Morgan fingerprint density at radius 3 is 2.19 bits per heavy atom. The van der Waals surface area contributed by atoms with Crippen molar-refractivity contribution in [3.8, 4) is 23.0 Å². The van der Waals surface area contributed by atoms with Gasteiger partial charge in [0.2, 0.25) is 0 Å². The molecule has 0 radical (unpaired) electrons. The molecule has 3 rings (SSSR count). The Morgan fingerprint density at radius 2 is 1.59 bits per heavy atom. The highest BCUT2D eigenvalue weighted by molar-refractivity contribution is 5.95. The lowest BCUT2D eigenvalue weighted by Gasteiger charge is -2.25. The first kappa shape index (κ1) is 18.9. The first-order chi connectivity index (χ1) is 13.0. The van der Waals surface area contributed by atoms with E-state index in [4.69, 9.17) is 18.9 Å². The predicted octanol–water partition coefficient (Wildman–Crippen LogP) is 3.60. The second-order valence-corrected chi connectivity index (χ2v) is 6.70. The van der Waals surface area contributed by atoms with Gasteiger partial charge in [0, 0.05) is 11.6 Å². The number of benzene rings is 2. The van der Waals surface area contributed by atoms with Crippen molar-refractivity contribution in [1.29, 1.82) is 0 Å². The number of hydrogen-bond acceptors (Lipinski definition) is 5. The van der Waals surface area contributed by atoms with E-state index in [9.17, 15) is 4.79 Å².